The van der Waals surface area contributed by atoms with Crippen LogP contribution in [0, 0.1) is 0 Å². The van der Waals surface area contributed by atoms with Crippen molar-refractivity contribution in [2.24, 2.45) is 0 Å². The number of benzene rings is 2. The molecule has 0 radical (unpaired) electrons. The van der Waals surface area contributed by atoms with Crippen molar-refractivity contribution in [3.05, 3.63) is 59.3 Å². The molecule has 8 heteroatoms. The van der Waals surface area contributed by atoms with Gasteiger partial charge in [0.05, 0.1) is 15.9 Å². The van der Waals surface area contributed by atoms with Gasteiger partial charge in [-0.25, -0.2) is 4.98 Å². The van der Waals surface area contributed by atoms with Gasteiger partial charge in [0, 0.05) is 37.6 Å². The molecular weight excluding hydrogens is 414 g/mol. The van der Waals surface area contributed by atoms with E-state index >= 15 is 0 Å². The van der Waals surface area contributed by atoms with E-state index in [1.54, 1.807) is 0 Å². The van der Waals surface area contributed by atoms with Crippen molar-refractivity contribution in [3.8, 4) is 5.69 Å². The van der Waals surface area contributed by atoms with Crippen molar-refractivity contribution >= 4 is 57.0 Å². The Balaban J connectivity index is 1.44. The first kappa shape index (κ1) is 19.3. The summed E-state index contributed by atoms with van der Waals surface area (Å²) in [5.74, 6) is -0.141. The number of fused-ring (bicyclic) bond motifs is 1. The minimum absolute atomic E-state index is 0.141. The van der Waals surface area contributed by atoms with Crippen molar-refractivity contribution in [1.82, 2.24) is 19.8 Å². The van der Waals surface area contributed by atoms with Gasteiger partial charge in [-0.15, -0.1) is 0 Å². The fourth-order valence-electron chi connectivity index (χ4n) is 3.78. The molecule has 0 saturated carbocycles. The second-order valence-electron chi connectivity index (χ2n) is 7.52. The van der Waals surface area contributed by atoms with Crippen LogP contribution in [0.25, 0.3) is 22.8 Å². The third-order valence-electron chi connectivity index (χ3n) is 5.51. The molecule has 0 atom stereocenters. The lowest BCUT2D eigenvalue weighted by Gasteiger charge is -2.34. The number of hydrogen-bond donors (Lipinski definition) is 1. The number of nitrogens with zero attached hydrogens (tertiary/aromatic N) is 4. The van der Waals surface area contributed by atoms with Crippen LogP contribution in [0.3, 0.4) is 0 Å². The van der Waals surface area contributed by atoms with Gasteiger partial charge in [-0.2, -0.15) is 0 Å². The highest BCUT2D eigenvalue weighted by Crippen LogP contribution is 2.28. The predicted molar refractivity (Wildman–Crippen MR) is 127 cm³/mol. The third kappa shape index (κ3) is 3.74. The number of aromatic nitrogens is 2. The molecule has 30 heavy (non-hydrogen) atoms. The van der Waals surface area contributed by atoms with Gasteiger partial charge in [0.1, 0.15) is 10.6 Å². The number of piperazine rings is 1. The Labute approximate surface area is 184 Å². The number of anilines is 1. The molecule has 0 spiro atoms. The molecule has 5 rings (SSSR count). The summed E-state index contributed by atoms with van der Waals surface area (Å²) in [4.78, 5) is 21.9. The topological polar surface area (TPSA) is 53.4 Å². The number of hydrogen-bond acceptors (Lipinski definition) is 6. The second kappa shape index (κ2) is 7.86. The molecule has 152 valence electrons. The lowest BCUT2D eigenvalue weighted by atomic mass is 10.1. The fourth-order valence-corrected chi connectivity index (χ4v) is 4.83. The molecule has 0 aliphatic carbocycles. The summed E-state index contributed by atoms with van der Waals surface area (Å²) in [7, 11) is 2.17. The summed E-state index contributed by atoms with van der Waals surface area (Å²) in [5.41, 5.74) is 5.18. The first-order chi connectivity index (χ1) is 14.6. The lowest BCUT2D eigenvalue weighted by molar-refractivity contribution is -0.115. The molecule has 2 aliphatic heterocycles. The summed E-state index contributed by atoms with van der Waals surface area (Å²) in [5, 5.41) is 2.65. The van der Waals surface area contributed by atoms with Crippen LogP contribution in [0.1, 0.15) is 5.56 Å². The van der Waals surface area contributed by atoms with Gasteiger partial charge in [-0.3, -0.25) is 9.36 Å². The van der Waals surface area contributed by atoms with Gasteiger partial charge >= 0.3 is 0 Å². The first-order valence-electron chi connectivity index (χ1n) is 9.83. The van der Waals surface area contributed by atoms with Gasteiger partial charge in [-0.05, 0) is 55.1 Å². The van der Waals surface area contributed by atoms with E-state index in [2.05, 4.69) is 62.0 Å². The number of nitrogens with one attached hydrogen (secondary N) is 1. The minimum atomic E-state index is -0.141. The minimum Gasteiger partial charge on any atom is -0.369 e. The Bertz CT molecular complexity index is 1160. The zero-order valence-electron chi connectivity index (χ0n) is 16.5. The normalized spacial score (nSPS) is 19.1. The third-order valence-corrected chi connectivity index (χ3v) is 6.67. The molecule has 0 bridgehead atoms. The molecule has 2 aromatic carbocycles. The van der Waals surface area contributed by atoms with E-state index in [1.807, 2.05) is 24.5 Å². The Morgan fingerprint density at radius 3 is 2.50 bits per heavy atom. The smallest absolute Gasteiger partial charge is 0.263 e. The van der Waals surface area contributed by atoms with E-state index in [0.717, 1.165) is 48.5 Å². The van der Waals surface area contributed by atoms with E-state index in [9.17, 15) is 4.79 Å². The quantitative estimate of drug-likeness (QED) is 0.503. The first-order valence-corrected chi connectivity index (χ1v) is 11.1. The fraction of sp³-hybridized carbons (Fsp3) is 0.227. The Kier molecular flexibility index (Phi) is 5.06. The zero-order valence-corrected chi connectivity index (χ0v) is 18.2. The van der Waals surface area contributed by atoms with Crippen molar-refractivity contribution in [1.29, 1.82) is 0 Å². The maximum atomic E-state index is 12.0. The van der Waals surface area contributed by atoms with E-state index in [4.69, 9.17) is 12.2 Å². The SMILES string of the molecule is CN1CCN(c2ccc(-n3cnc4ccc(/C=C5\SC(=S)NC5=O)cc43)cc2)CC1. The molecule has 2 aliphatic rings. The van der Waals surface area contributed by atoms with Crippen LogP contribution in [0.2, 0.25) is 0 Å². The maximum absolute atomic E-state index is 12.0. The summed E-state index contributed by atoms with van der Waals surface area (Å²) in [6.07, 6.45) is 3.71. The number of thiocarbonyl (C=S) groups is 1. The van der Waals surface area contributed by atoms with Crippen LogP contribution in [0.5, 0.6) is 0 Å². The van der Waals surface area contributed by atoms with Crippen LogP contribution in [-0.4, -0.2) is 57.9 Å². The molecule has 1 N–H and O–H groups in total. The summed E-state index contributed by atoms with van der Waals surface area (Å²) >= 11 is 6.36. The van der Waals surface area contributed by atoms with Gasteiger partial charge < -0.3 is 15.1 Å². The highest BCUT2D eigenvalue weighted by Gasteiger charge is 2.22. The van der Waals surface area contributed by atoms with Crippen LogP contribution >= 0.6 is 24.0 Å². The molecule has 1 aromatic heterocycles. The predicted octanol–water partition coefficient (Wildman–Crippen LogP) is 3.27. The van der Waals surface area contributed by atoms with E-state index in [0.29, 0.717) is 9.23 Å². The lowest BCUT2D eigenvalue weighted by Crippen LogP contribution is -2.44. The number of rotatable bonds is 3. The van der Waals surface area contributed by atoms with Crippen molar-refractivity contribution in [2.75, 3.05) is 38.1 Å². The summed E-state index contributed by atoms with van der Waals surface area (Å²) in [6.45, 7) is 4.29. The maximum Gasteiger partial charge on any atom is 0.263 e. The largest absolute Gasteiger partial charge is 0.369 e. The molecule has 2 fully saturated rings. The summed E-state index contributed by atoms with van der Waals surface area (Å²) < 4.78 is 2.58. The molecule has 1 amide bonds. The monoisotopic (exact) mass is 435 g/mol. The van der Waals surface area contributed by atoms with E-state index in [-0.39, 0.29) is 5.91 Å². The highest BCUT2D eigenvalue weighted by atomic mass is 32.2. The molecule has 6 nitrogen and oxygen atoms in total. The Hall–Kier alpha value is -2.68. The van der Waals surface area contributed by atoms with Gasteiger partial charge in [0.2, 0.25) is 0 Å². The van der Waals surface area contributed by atoms with Crippen molar-refractivity contribution in [2.45, 2.75) is 0 Å². The van der Waals surface area contributed by atoms with Crippen LogP contribution < -0.4 is 10.2 Å². The van der Waals surface area contributed by atoms with E-state index < -0.39 is 0 Å². The number of amides is 1. The molecule has 2 saturated heterocycles. The van der Waals surface area contributed by atoms with Crippen molar-refractivity contribution in [3.63, 3.8) is 0 Å². The number of carbonyl (C=O) groups is 1. The molecule has 3 heterocycles. The van der Waals surface area contributed by atoms with Crippen LogP contribution in [0.4, 0.5) is 5.69 Å². The number of imidazole rings is 1. The van der Waals surface area contributed by atoms with Gasteiger partial charge in [-0.1, -0.05) is 30.0 Å². The Morgan fingerprint density at radius 2 is 1.80 bits per heavy atom. The van der Waals surface area contributed by atoms with E-state index in [1.165, 1.54) is 17.4 Å². The molecule has 3 aromatic rings. The van der Waals surface area contributed by atoms with Crippen LogP contribution in [0.15, 0.2) is 53.7 Å². The second-order valence-corrected chi connectivity index (χ2v) is 9.24. The average Bonchev–Trinajstić information content (AvgIpc) is 3.31. The average molecular weight is 436 g/mol. The number of thioether (sulfide) groups is 1. The molecular formula is C22H21N5OS2. The number of likely N-dealkylation sites (N-methyl/N-ethyl adjacent to an activating group) is 1. The molecule has 0 unspecified atom stereocenters. The van der Waals surface area contributed by atoms with Gasteiger partial charge in [0.25, 0.3) is 5.91 Å². The van der Waals surface area contributed by atoms with Crippen molar-refractivity contribution < 1.29 is 4.79 Å². The summed E-state index contributed by atoms with van der Waals surface area (Å²) in [6, 6.07) is 14.6. The highest BCUT2D eigenvalue weighted by molar-refractivity contribution is 8.26. The zero-order chi connectivity index (χ0) is 20.7. The number of carbonyl (C=O) groups excluding carboxylic acids is 1. The van der Waals surface area contributed by atoms with Gasteiger partial charge in [0.15, 0.2) is 0 Å². The Morgan fingerprint density at radius 1 is 1.07 bits per heavy atom. The standard InChI is InChI=1S/C22H21N5OS2/c1-25-8-10-26(11-9-25)16-3-5-17(6-4-16)27-14-23-18-7-2-15(12-19(18)27)13-20-21(28)24-22(29)30-20/h2-7,12-14H,8-11H2,1H3,(H,24,28,29)/b20-13-. The van der Waals surface area contributed by atoms with Crippen LogP contribution in [-0.2, 0) is 4.79 Å².